The van der Waals surface area contributed by atoms with E-state index in [9.17, 15) is 4.79 Å². The van der Waals surface area contributed by atoms with Crippen LogP contribution >= 0.6 is 11.6 Å². The minimum Gasteiger partial charge on any atom is -0.397 e. The Morgan fingerprint density at radius 2 is 2.16 bits per heavy atom. The number of carbonyl (C=O) groups is 1. The number of pyridine rings is 1. The van der Waals surface area contributed by atoms with Crippen LogP contribution in [0.4, 0.5) is 11.4 Å². The highest BCUT2D eigenvalue weighted by atomic mass is 35.5. The van der Waals surface area contributed by atoms with Crippen LogP contribution in [0.1, 0.15) is 16.1 Å². The second-order valence-corrected chi connectivity index (χ2v) is 4.17. The lowest BCUT2D eigenvalue weighted by molar-refractivity contribution is 0.102. The molecule has 0 aliphatic heterocycles. The molecule has 0 bridgehead atoms. The third kappa shape index (κ3) is 3.00. The molecule has 1 heterocycles. The lowest BCUT2D eigenvalue weighted by Gasteiger charge is -2.08. The van der Waals surface area contributed by atoms with Crippen LogP contribution in [0.15, 0.2) is 36.5 Å². The average Bonchev–Trinajstić information content (AvgIpc) is 2.43. The van der Waals surface area contributed by atoms with Gasteiger partial charge >= 0.3 is 0 Å². The van der Waals surface area contributed by atoms with E-state index in [1.54, 1.807) is 18.2 Å². The molecule has 1 aromatic heterocycles. The van der Waals surface area contributed by atoms with Gasteiger partial charge in [-0.3, -0.25) is 4.79 Å². The number of halogens is 1. The molecule has 6 heteroatoms. The van der Waals surface area contributed by atoms with Gasteiger partial charge in [-0.25, -0.2) is 4.98 Å². The summed E-state index contributed by atoms with van der Waals surface area (Å²) in [5.41, 5.74) is 7.13. The number of carbonyl (C=O) groups excluding carboxylic acids is 1. The Balaban J connectivity index is 2.21. The maximum absolute atomic E-state index is 11.9. The zero-order valence-electron chi connectivity index (χ0n) is 9.72. The molecule has 3 N–H and O–H groups in total. The number of nitrogen functional groups attached to an aromatic ring is 1. The summed E-state index contributed by atoms with van der Waals surface area (Å²) in [7, 11) is 0. The highest BCUT2D eigenvalue weighted by molar-refractivity contribution is 6.31. The van der Waals surface area contributed by atoms with Gasteiger partial charge in [0.1, 0.15) is 11.8 Å². The van der Waals surface area contributed by atoms with Gasteiger partial charge in [0.15, 0.2) is 0 Å². The van der Waals surface area contributed by atoms with Crippen LogP contribution in [0.5, 0.6) is 0 Å². The van der Waals surface area contributed by atoms with Crippen molar-refractivity contribution >= 4 is 28.9 Å². The summed E-state index contributed by atoms with van der Waals surface area (Å²) < 4.78 is 0. The van der Waals surface area contributed by atoms with E-state index in [1.165, 1.54) is 18.3 Å². The molecule has 0 fully saturated rings. The molecule has 0 unspecified atom stereocenters. The van der Waals surface area contributed by atoms with Crippen LogP contribution in [0, 0.1) is 11.3 Å². The Hall–Kier alpha value is -2.58. The molecule has 94 valence electrons. The van der Waals surface area contributed by atoms with Crippen molar-refractivity contribution < 1.29 is 4.79 Å². The molecule has 0 radical (unpaired) electrons. The van der Waals surface area contributed by atoms with E-state index in [-0.39, 0.29) is 5.69 Å². The third-order valence-corrected chi connectivity index (χ3v) is 2.62. The summed E-state index contributed by atoms with van der Waals surface area (Å²) in [6.45, 7) is 0. The number of benzene rings is 1. The van der Waals surface area contributed by atoms with E-state index >= 15 is 0 Å². The van der Waals surface area contributed by atoms with Crippen molar-refractivity contribution in [1.82, 2.24) is 4.98 Å². The Kier molecular flexibility index (Phi) is 3.64. The highest BCUT2D eigenvalue weighted by Crippen LogP contribution is 2.23. The number of amides is 1. The molecule has 2 aromatic rings. The number of rotatable bonds is 2. The standard InChI is InChI=1S/C13H9ClN4O/c14-9-2-3-10(16)12(5-9)18-13(19)11-4-1-8(6-15)7-17-11/h1-5,7H,16H2,(H,18,19). The predicted octanol–water partition coefficient (Wildman–Crippen LogP) is 2.44. The zero-order chi connectivity index (χ0) is 13.8. The lowest BCUT2D eigenvalue weighted by atomic mass is 10.2. The normalized spacial score (nSPS) is 9.68. The third-order valence-electron chi connectivity index (χ3n) is 2.39. The van der Waals surface area contributed by atoms with Gasteiger partial charge in [0, 0.05) is 11.2 Å². The van der Waals surface area contributed by atoms with Gasteiger partial charge in [-0.1, -0.05) is 11.6 Å². The summed E-state index contributed by atoms with van der Waals surface area (Å²) in [6, 6.07) is 9.70. The first-order valence-electron chi connectivity index (χ1n) is 5.32. The van der Waals surface area contributed by atoms with Gasteiger partial charge in [0.25, 0.3) is 5.91 Å². The lowest BCUT2D eigenvalue weighted by Crippen LogP contribution is -2.14. The van der Waals surface area contributed by atoms with Crippen molar-refractivity contribution in [2.24, 2.45) is 0 Å². The van der Waals surface area contributed by atoms with Gasteiger partial charge in [-0.05, 0) is 30.3 Å². The zero-order valence-corrected chi connectivity index (χ0v) is 10.5. The summed E-state index contributed by atoms with van der Waals surface area (Å²) in [5, 5.41) is 11.7. The fraction of sp³-hybridized carbons (Fsp3) is 0. The topological polar surface area (TPSA) is 91.8 Å². The van der Waals surface area contributed by atoms with E-state index < -0.39 is 5.91 Å². The van der Waals surface area contributed by atoms with Gasteiger partial charge in [0.05, 0.1) is 16.9 Å². The number of nitrogens with two attached hydrogens (primary N) is 1. The number of nitrogens with one attached hydrogen (secondary N) is 1. The van der Waals surface area contributed by atoms with E-state index in [1.807, 2.05) is 6.07 Å². The van der Waals surface area contributed by atoms with Crippen LogP contribution < -0.4 is 11.1 Å². The average molecular weight is 273 g/mol. The first-order chi connectivity index (χ1) is 9.10. The van der Waals surface area contributed by atoms with Gasteiger partial charge < -0.3 is 11.1 Å². The highest BCUT2D eigenvalue weighted by Gasteiger charge is 2.09. The molecule has 2 rings (SSSR count). The summed E-state index contributed by atoms with van der Waals surface area (Å²) in [6.07, 6.45) is 1.33. The molecule has 0 spiro atoms. The van der Waals surface area contributed by atoms with Crippen LogP contribution in [-0.2, 0) is 0 Å². The fourth-order valence-corrected chi connectivity index (χ4v) is 1.59. The number of aromatic nitrogens is 1. The molecule has 1 amide bonds. The number of nitriles is 1. The van der Waals surface area contributed by atoms with E-state index in [0.29, 0.717) is 22.0 Å². The van der Waals surface area contributed by atoms with E-state index in [0.717, 1.165) is 0 Å². The van der Waals surface area contributed by atoms with E-state index in [2.05, 4.69) is 10.3 Å². The van der Waals surface area contributed by atoms with Crippen LogP contribution in [-0.4, -0.2) is 10.9 Å². The molecule has 0 aliphatic carbocycles. The SMILES string of the molecule is N#Cc1ccc(C(=O)Nc2cc(Cl)ccc2N)nc1. The van der Waals surface area contributed by atoms with Crippen molar-refractivity contribution in [3.8, 4) is 6.07 Å². The smallest absolute Gasteiger partial charge is 0.274 e. The van der Waals surface area contributed by atoms with Gasteiger partial charge in [-0.15, -0.1) is 0 Å². The molecule has 0 aliphatic rings. The molecular formula is C13H9ClN4O. The summed E-state index contributed by atoms with van der Waals surface area (Å²) in [5.74, 6) is -0.418. The molecule has 1 aromatic carbocycles. The van der Waals surface area contributed by atoms with Gasteiger partial charge in [-0.2, -0.15) is 5.26 Å². The van der Waals surface area contributed by atoms with E-state index in [4.69, 9.17) is 22.6 Å². The number of hydrogen-bond acceptors (Lipinski definition) is 4. The summed E-state index contributed by atoms with van der Waals surface area (Å²) >= 11 is 5.83. The monoisotopic (exact) mass is 272 g/mol. The molecule has 19 heavy (non-hydrogen) atoms. The Labute approximate surface area is 114 Å². The van der Waals surface area contributed by atoms with Crippen molar-refractivity contribution in [3.05, 3.63) is 52.8 Å². The van der Waals surface area contributed by atoms with Crippen molar-refractivity contribution in [1.29, 1.82) is 5.26 Å². The van der Waals surface area contributed by atoms with Gasteiger partial charge in [0.2, 0.25) is 0 Å². The molecule has 0 saturated carbocycles. The molecule has 5 nitrogen and oxygen atoms in total. The van der Waals surface area contributed by atoms with Crippen molar-refractivity contribution in [2.75, 3.05) is 11.1 Å². The Morgan fingerprint density at radius 1 is 1.37 bits per heavy atom. The first kappa shape index (κ1) is 12.9. The number of anilines is 2. The van der Waals surface area contributed by atoms with Crippen LogP contribution in [0.25, 0.3) is 0 Å². The minimum absolute atomic E-state index is 0.193. The quantitative estimate of drug-likeness (QED) is 0.821. The predicted molar refractivity (Wildman–Crippen MR) is 72.8 cm³/mol. The van der Waals surface area contributed by atoms with Crippen molar-refractivity contribution in [3.63, 3.8) is 0 Å². The minimum atomic E-state index is -0.418. The Bertz CT molecular complexity index is 661. The number of nitrogens with zero attached hydrogens (tertiary/aromatic N) is 2. The first-order valence-corrected chi connectivity index (χ1v) is 5.70. The maximum Gasteiger partial charge on any atom is 0.274 e. The van der Waals surface area contributed by atoms with Crippen LogP contribution in [0.3, 0.4) is 0 Å². The Morgan fingerprint density at radius 3 is 2.79 bits per heavy atom. The van der Waals surface area contributed by atoms with Crippen molar-refractivity contribution in [2.45, 2.75) is 0 Å². The second-order valence-electron chi connectivity index (χ2n) is 3.73. The fourth-order valence-electron chi connectivity index (χ4n) is 1.42. The molecular weight excluding hydrogens is 264 g/mol. The largest absolute Gasteiger partial charge is 0.397 e. The molecule has 0 saturated heterocycles. The maximum atomic E-state index is 11.9. The number of hydrogen-bond donors (Lipinski definition) is 2. The summed E-state index contributed by atoms with van der Waals surface area (Å²) in [4.78, 5) is 15.8. The second kappa shape index (κ2) is 5.38. The van der Waals surface area contributed by atoms with Crippen LogP contribution in [0.2, 0.25) is 5.02 Å². The molecule has 0 atom stereocenters.